The number of hydrogen-bond donors (Lipinski definition) is 0. The third-order valence-electron chi connectivity index (χ3n) is 5.38. The van der Waals surface area contributed by atoms with Gasteiger partial charge in [0.05, 0.1) is 10.5 Å². The summed E-state index contributed by atoms with van der Waals surface area (Å²) in [5.74, 6) is -2.26. The van der Waals surface area contributed by atoms with Gasteiger partial charge < -0.3 is 0 Å². The van der Waals surface area contributed by atoms with E-state index < -0.39 is 21.7 Å². The lowest BCUT2D eigenvalue weighted by atomic mass is 9.70. The minimum atomic E-state index is -2.57. The summed E-state index contributed by atoms with van der Waals surface area (Å²) in [6, 6.07) is 0. The van der Waals surface area contributed by atoms with E-state index in [2.05, 4.69) is 26.4 Å². The second-order valence-electron chi connectivity index (χ2n) is 8.26. The van der Waals surface area contributed by atoms with Crippen molar-refractivity contribution in [1.82, 2.24) is 0 Å². The second-order valence-corrected chi connectivity index (χ2v) is 11.1. The lowest BCUT2D eigenvalue weighted by molar-refractivity contribution is -0.0550. The minimum Gasteiger partial charge on any atom is -0.234 e. The van der Waals surface area contributed by atoms with Gasteiger partial charge in [-0.15, -0.1) is 0 Å². The summed E-state index contributed by atoms with van der Waals surface area (Å²) in [5, 5.41) is 0. The van der Waals surface area contributed by atoms with E-state index in [4.69, 9.17) is 0 Å². The van der Waals surface area contributed by atoms with Gasteiger partial charge in [0.25, 0.3) is 0 Å². The third kappa shape index (κ3) is 3.46. The van der Waals surface area contributed by atoms with Crippen LogP contribution < -0.4 is 0 Å². The predicted octanol–water partition coefficient (Wildman–Crippen LogP) is 5.71. The first-order valence-corrected chi connectivity index (χ1v) is 10.4. The Morgan fingerprint density at radius 1 is 1.25 bits per heavy atom. The molecule has 2 fully saturated rings. The fourth-order valence-corrected chi connectivity index (χ4v) is 5.11. The number of halogens is 3. The summed E-state index contributed by atoms with van der Waals surface area (Å²) in [6.45, 7) is 5.69. The Morgan fingerprint density at radius 3 is 2.46 bits per heavy atom. The zero-order valence-corrected chi connectivity index (χ0v) is 16.8. The molecule has 0 radical (unpaired) electrons. The molecule has 1 spiro atoms. The topological polar surface area (TPSA) is 29.4 Å². The number of allylic oxidation sites excluding steroid dienone is 4. The molecule has 0 amide bonds. The highest BCUT2D eigenvalue weighted by Gasteiger charge is 2.53. The van der Waals surface area contributed by atoms with Gasteiger partial charge in [0.2, 0.25) is 5.92 Å². The first kappa shape index (κ1) is 18.4. The van der Waals surface area contributed by atoms with E-state index >= 15 is 0 Å². The highest BCUT2D eigenvalue weighted by molar-refractivity contribution is 9.11. The molecule has 24 heavy (non-hydrogen) atoms. The Balaban J connectivity index is 2.02. The van der Waals surface area contributed by atoms with Gasteiger partial charge in [-0.25, -0.2) is 13.0 Å². The lowest BCUT2D eigenvalue weighted by Gasteiger charge is -2.37. The monoisotopic (exact) mass is 419 g/mol. The fraction of sp³-hybridized carbons (Fsp3) is 0.722. The molecule has 0 bridgehead atoms. The van der Waals surface area contributed by atoms with Gasteiger partial charge in [0.1, 0.15) is 11.0 Å². The molecular weight excluding hydrogens is 396 g/mol. The smallest absolute Gasteiger partial charge is 0.234 e. The molecule has 3 rings (SSSR count). The van der Waals surface area contributed by atoms with Crippen LogP contribution in [0.25, 0.3) is 0 Å². The average Bonchev–Trinajstić information content (AvgIpc) is 2.76. The molecule has 0 N–H and O–H groups in total. The van der Waals surface area contributed by atoms with Crippen molar-refractivity contribution in [3.63, 3.8) is 0 Å². The van der Waals surface area contributed by atoms with Crippen molar-refractivity contribution in [2.24, 2.45) is 15.7 Å². The van der Waals surface area contributed by atoms with E-state index in [0.29, 0.717) is 18.8 Å². The van der Waals surface area contributed by atoms with Crippen molar-refractivity contribution in [3.8, 4) is 0 Å². The Morgan fingerprint density at radius 2 is 1.88 bits per heavy atom. The predicted molar refractivity (Wildman–Crippen MR) is 99.0 cm³/mol. The Bertz CT molecular complexity index is 650. The number of nitrogens with zero attached hydrogens (tertiary/aromatic N) is 1. The van der Waals surface area contributed by atoms with Gasteiger partial charge in [-0.3, -0.25) is 0 Å². The van der Waals surface area contributed by atoms with Gasteiger partial charge in [-0.1, -0.05) is 22.0 Å². The summed E-state index contributed by atoms with van der Waals surface area (Å²) >= 11 is 3.52. The van der Waals surface area contributed by atoms with Crippen LogP contribution in [0.2, 0.25) is 0 Å². The van der Waals surface area contributed by atoms with E-state index in [-0.39, 0.29) is 18.3 Å². The molecule has 3 aliphatic rings. The summed E-state index contributed by atoms with van der Waals surface area (Å²) in [6.07, 6.45) is 6.61. The largest absolute Gasteiger partial charge is 0.248 e. The maximum atomic E-state index is 13.7. The Hall–Kier alpha value is -0.360. The maximum Gasteiger partial charge on any atom is 0.248 e. The number of fused-ring (bicyclic) bond motifs is 1. The standard InChI is InChI=1S/C18H24BrF2NOS/c1-16(2,3)24(23)22-15-14-10-13(19)5-4-12(14)11-17(15)6-8-18(20,21)9-7-17/h5,10,12H,4,6-9,11H2,1-3H3. The molecule has 0 saturated heterocycles. The van der Waals surface area contributed by atoms with Gasteiger partial charge in [0, 0.05) is 22.7 Å². The van der Waals surface area contributed by atoms with Crippen molar-refractivity contribution >= 4 is 32.6 Å². The van der Waals surface area contributed by atoms with Crippen LogP contribution in [-0.2, 0) is 11.0 Å². The van der Waals surface area contributed by atoms with Crippen LogP contribution >= 0.6 is 15.9 Å². The molecule has 0 heterocycles. The van der Waals surface area contributed by atoms with E-state index in [0.717, 1.165) is 28.6 Å². The summed E-state index contributed by atoms with van der Waals surface area (Å²) in [5.41, 5.74) is 1.61. The Labute approximate surface area is 153 Å². The molecule has 134 valence electrons. The zero-order valence-electron chi connectivity index (χ0n) is 14.4. The number of rotatable bonds is 1. The van der Waals surface area contributed by atoms with Gasteiger partial charge in [-0.2, -0.15) is 4.40 Å². The molecule has 2 unspecified atom stereocenters. The van der Waals surface area contributed by atoms with Crippen LogP contribution in [0.3, 0.4) is 0 Å². The summed E-state index contributed by atoms with van der Waals surface area (Å²) in [7, 11) is -1.38. The first-order valence-electron chi connectivity index (χ1n) is 8.49. The summed E-state index contributed by atoms with van der Waals surface area (Å²) < 4.78 is 45.3. The normalized spacial score (nSPS) is 31.6. The lowest BCUT2D eigenvalue weighted by Crippen LogP contribution is -2.37. The molecule has 6 heteroatoms. The van der Waals surface area contributed by atoms with Crippen molar-refractivity contribution in [3.05, 3.63) is 22.2 Å². The molecule has 2 atom stereocenters. The van der Waals surface area contributed by atoms with Gasteiger partial charge in [-0.05, 0) is 64.0 Å². The molecule has 0 aromatic carbocycles. The van der Waals surface area contributed by atoms with Crippen LogP contribution in [0.1, 0.15) is 59.3 Å². The number of hydrogen-bond acceptors (Lipinski definition) is 1. The molecule has 2 saturated carbocycles. The maximum absolute atomic E-state index is 13.7. The number of alkyl halides is 2. The first-order chi connectivity index (χ1) is 11.0. The van der Waals surface area contributed by atoms with Crippen molar-refractivity contribution in [2.75, 3.05) is 0 Å². The molecule has 0 aliphatic heterocycles. The molecule has 3 aliphatic carbocycles. The average molecular weight is 420 g/mol. The summed E-state index contributed by atoms with van der Waals surface area (Å²) in [4.78, 5) is 0. The molecule has 0 aromatic rings. The van der Waals surface area contributed by atoms with E-state index in [9.17, 15) is 13.0 Å². The van der Waals surface area contributed by atoms with Crippen LogP contribution in [0, 0.1) is 11.3 Å². The molecular formula is C18H24BrF2NOS. The van der Waals surface area contributed by atoms with Gasteiger partial charge in [0.15, 0.2) is 0 Å². The van der Waals surface area contributed by atoms with E-state index in [1.807, 2.05) is 26.8 Å². The SMILES string of the molecule is CC(C)(C)S(=O)N=C1C2=CC(Br)=CCC2CC12CCC(F)(F)CC2. The quantitative estimate of drug-likeness (QED) is 0.534. The molecule has 0 aromatic heterocycles. The molecule has 2 nitrogen and oxygen atoms in total. The van der Waals surface area contributed by atoms with Crippen molar-refractivity contribution in [2.45, 2.75) is 70.0 Å². The Kier molecular flexibility index (Phi) is 4.70. The highest BCUT2D eigenvalue weighted by Crippen LogP contribution is 2.56. The van der Waals surface area contributed by atoms with Gasteiger partial charge >= 0.3 is 0 Å². The van der Waals surface area contributed by atoms with Crippen LogP contribution in [0.5, 0.6) is 0 Å². The van der Waals surface area contributed by atoms with Crippen molar-refractivity contribution < 1.29 is 13.0 Å². The van der Waals surface area contributed by atoms with Crippen LogP contribution in [0.15, 0.2) is 26.6 Å². The highest BCUT2D eigenvalue weighted by atomic mass is 79.9. The third-order valence-corrected chi connectivity index (χ3v) is 7.33. The van der Waals surface area contributed by atoms with E-state index in [1.165, 1.54) is 0 Å². The van der Waals surface area contributed by atoms with E-state index in [1.54, 1.807) is 0 Å². The fourth-order valence-electron chi connectivity index (χ4n) is 3.94. The van der Waals surface area contributed by atoms with Crippen LogP contribution in [-0.4, -0.2) is 20.6 Å². The minimum absolute atomic E-state index is 0.0945. The van der Waals surface area contributed by atoms with Crippen LogP contribution in [0.4, 0.5) is 8.78 Å². The van der Waals surface area contributed by atoms with Crippen molar-refractivity contribution in [1.29, 1.82) is 0 Å². The zero-order chi connectivity index (χ0) is 17.8. The second kappa shape index (κ2) is 6.11.